The van der Waals surface area contributed by atoms with Crippen molar-refractivity contribution in [1.82, 2.24) is 4.57 Å². The molecule has 0 amide bonds. The first-order valence-corrected chi connectivity index (χ1v) is 11.8. The molecular weight excluding hydrogens is 422 g/mol. The Kier molecular flexibility index (Phi) is 4.43. The summed E-state index contributed by atoms with van der Waals surface area (Å²) in [6, 6.07) is 21.4. The van der Waals surface area contributed by atoms with E-state index in [1.54, 1.807) is 6.07 Å². The van der Waals surface area contributed by atoms with Crippen LogP contribution in [0.1, 0.15) is 50.7 Å². The molecule has 4 nitrogen and oxygen atoms in total. The Bertz CT molecular complexity index is 1800. The molecule has 0 aliphatic heterocycles. The van der Waals surface area contributed by atoms with Gasteiger partial charge in [0, 0.05) is 26.9 Å². The molecule has 0 spiro atoms. The van der Waals surface area contributed by atoms with Gasteiger partial charge < -0.3 is 4.42 Å². The van der Waals surface area contributed by atoms with Crippen molar-refractivity contribution >= 4 is 43.5 Å². The highest BCUT2D eigenvalue weighted by Gasteiger charge is 2.23. The Balaban J connectivity index is 1.84. The van der Waals surface area contributed by atoms with Crippen LogP contribution in [-0.4, -0.2) is 4.57 Å². The maximum atomic E-state index is 14.0. The zero-order valence-electron chi connectivity index (χ0n) is 19.7. The van der Waals surface area contributed by atoms with Gasteiger partial charge in [-0.25, -0.2) is 4.57 Å². The number of rotatable bonds is 3. The van der Waals surface area contributed by atoms with Gasteiger partial charge in [-0.2, -0.15) is 0 Å². The van der Waals surface area contributed by atoms with E-state index in [0.29, 0.717) is 21.7 Å². The van der Waals surface area contributed by atoms with Crippen LogP contribution in [0, 0.1) is 0 Å². The third-order valence-electron chi connectivity index (χ3n) is 6.95. The zero-order chi connectivity index (χ0) is 23.7. The first-order valence-electron chi connectivity index (χ1n) is 11.8. The molecule has 0 aliphatic carbocycles. The molecule has 0 radical (unpaired) electrons. The number of pyridine rings is 1. The number of benzene rings is 4. The standard InChI is InChI=1S/C30H25NO3/c1-16(2)18-9-7-10-19(17(3)4)28(18)31-29(32)22-13-12-21-20-8-5-6-11-24(20)34-25-15-14-23(30(31)33)26(22)27(21)25/h5-17H,1-4H3. The molecule has 2 aromatic heterocycles. The van der Waals surface area contributed by atoms with E-state index in [4.69, 9.17) is 4.42 Å². The largest absolute Gasteiger partial charge is 0.456 e. The number of nitrogens with zero attached hydrogens (tertiary/aromatic N) is 1. The minimum Gasteiger partial charge on any atom is -0.456 e. The number of hydrogen-bond donors (Lipinski definition) is 0. The number of fused-ring (bicyclic) bond motifs is 2. The Morgan fingerprint density at radius 1 is 0.588 bits per heavy atom. The lowest BCUT2D eigenvalue weighted by molar-refractivity contribution is 0.662. The average molecular weight is 448 g/mol. The average Bonchev–Trinajstić information content (AvgIpc) is 2.83. The van der Waals surface area contributed by atoms with Gasteiger partial charge in [-0.1, -0.05) is 70.2 Å². The van der Waals surface area contributed by atoms with Crippen molar-refractivity contribution in [2.75, 3.05) is 0 Å². The summed E-state index contributed by atoms with van der Waals surface area (Å²) in [4.78, 5) is 28.0. The minimum atomic E-state index is -0.282. The van der Waals surface area contributed by atoms with E-state index >= 15 is 0 Å². The summed E-state index contributed by atoms with van der Waals surface area (Å²) in [5.41, 5.74) is 3.61. The van der Waals surface area contributed by atoms with E-state index in [1.807, 2.05) is 60.7 Å². The van der Waals surface area contributed by atoms with Crippen LogP contribution in [0.5, 0.6) is 0 Å². The monoisotopic (exact) mass is 447 g/mol. The summed E-state index contributed by atoms with van der Waals surface area (Å²) in [7, 11) is 0. The van der Waals surface area contributed by atoms with Crippen LogP contribution in [-0.2, 0) is 0 Å². The predicted octanol–water partition coefficient (Wildman–Crippen LogP) is 7.09. The third-order valence-corrected chi connectivity index (χ3v) is 6.95. The SMILES string of the molecule is CC(C)c1cccc(C(C)C)c1-n1c(=O)c2ccc3oc4ccccc4c4ccc(c1=O)c2c34. The normalized spacial score (nSPS) is 12.3. The van der Waals surface area contributed by atoms with Gasteiger partial charge in [0.15, 0.2) is 0 Å². The summed E-state index contributed by atoms with van der Waals surface area (Å²) in [5.74, 6) is 0.326. The molecule has 2 heterocycles. The fraction of sp³-hybridized carbons (Fsp3) is 0.200. The molecule has 0 saturated carbocycles. The van der Waals surface area contributed by atoms with E-state index < -0.39 is 0 Å². The van der Waals surface area contributed by atoms with E-state index in [1.165, 1.54) is 4.57 Å². The summed E-state index contributed by atoms with van der Waals surface area (Å²) >= 11 is 0. The fourth-order valence-electron chi connectivity index (χ4n) is 5.33. The molecule has 0 N–H and O–H groups in total. The van der Waals surface area contributed by atoms with E-state index in [0.717, 1.165) is 38.6 Å². The van der Waals surface area contributed by atoms with Crippen LogP contribution in [0.15, 0.2) is 80.7 Å². The van der Waals surface area contributed by atoms with Gasteiger partial charge >= 0.3 is 0 Å². The highest BCUT2D eigenvalue weighted by atomic mass is 16.3. The maximum absolute atomic E-state index is 14.0. The summed E-state index contributed by atoms with van der Waals surface area (Å²) in [6.45, 7) is 8.37. The van der Waals surface area contributed by atoms with Gasteiger partial charge in [0.05, 0.1) is 5.69 Å². The van der Waals surface area contributed by atoms with Crippen LogP contribution >= 0.6 is 0 Å². The molecule has 0 bridgehead atoms. The summed E-state index contributed by atoms with van der Waals surface area (Å²) < 4.78 is 7.58. The van der Waals surface area contributed by atoms with Crippen LogP contribution < -0.4 is 11.1 Å². The van der Waals surface area contributed by atoms with Gasteiger partial charge in [0.25, 0.3) is 11.1 Å². The van der Waals surface area contributed by atoms with Crippen molar-refractivity contribution in [1.29, 1.82) is 0 Å². The van der Waals surface area contributed by atoms with Crippen molar-refractivity contribution in [3.63, 3.8) is 0 Å². The van der Waals surface area contributed by atoms with E-state index in [9.17, 15) is 9.59 Å². The number of hydrogen-bond acceptors (Lipinski definition) is 3. The summed E-state index contributed by atoms with van der Waals surface area (Å²) in [6.07, 6.45) is 0. The lowest BCUT2D eigenvalue weighted by Gasteiger charge is -2.21. The Hall–Kier alpha value is -3.92. The van der Waals surface area contributed by atoms with Crippen LogP contribution in [0.3, 0.4) is 0 Å². The molecule has 34 heavy (non-hydrogen) atoms. The van der Waals surface area contributed by atoms with E-state index in [2.05, 4.69) is 27.7 Å². The summed E-state index contributed by atoms with van der Waals surface area (Å²) in [5, 5.41) is 4.53. The number of aromatic nitrogens is 1. The van der Waals surface area contributed by atoms with Gasteiger partial charge in [0.1, 0.15) is 11.2 Å². The molecule has 6 aromatic rings. The zero-order valence-corrected chi connectivity index (χ0v) is 19.7. The minimum absolute atomic E-state index is 0.163. The predicted molar refractivity (Wildman–Crippen MR) is 140 cm³/mol. The van der Waals surface area contributed by atoms with Gasteiger partial charge in [0.2, 0.25) is 0 Å². The lowest BCUT2D eigenvalue weighted by Crippen LogP contribution is -2.33. The van der Waals surface area contributed by atoms with E-state index in [-0.39, 0.29) is 23.0 Å². The molecule has 0 aliphatic rings. The van der Waals surface area contributed by atoms with Crippen molar-refractivity contribution in [3.05, 3.63) is 98.6 Å². The lowest BCUT2D eigenvalue weighted by atomic mass is 9.91. The molecule has 0 atom stereocenters. The third kappa shape index (κ3) is 2.72. The van der Waals surface area contributed by atoms with Crippen molar-refractivity contribution < 1.29 is 4.42 Å². The van der Waals surface area contributed by atoms with Crippen LogP contribution in [0.2, 0.25) is 0 Å². The second kappa shape index (κ2) is 7.29. The molecular formula is C30H25NO3. The Morgan fingerprint density at radius 3 is 1.82 bits per heavy atom. The smallest absolute Gasteiger partial charge is 0.266 e. The number of para-hydroxylation sites is 2. The molecule has 0 fully saturated rings. The van der Waals surface area contributed by atoms with Gasteiger partial charge in [-0.3, -0.25) is 9.59 Å². The first-order chi connectivity index (χ1) is 16.4. The Morgan fingerprint density at radius 2 is 1.18 bits per heavy atom. The molecule has 4 heteroatoms. The van der Waals surface area contributed by atoms with Gasteiger partial charge in [-0.05, 0) is 52.6 Å². The van der Waals surface area contributed by atoms with Crippen molar-refractivity contribution in [3.8, 4) is 5.69 Å². The second-order valence-electron chi connectivity index (χ2n) is 9.66. The quantitative estimate of drug-likeness (QED) is 0.215. The Labute approximate surface area is 196 Å². The van der Waals surface area contributed by atoms with Crippen LogP contribution in [0.25, 0.3) is 49.2 Å². The fourth-order valence-corrected chi connectivity index (χ4v) is 5.33. The molecule has 6 rings (SSSR count). The maximum Gasteiger partial charge on any atom is 0.266 e. The molecule has 0 saturated heterocycles. The topological polar surface area (TPSA) is 52.2 Å². The second-order valence-corrected chi connectivity index (χ2v) is 9.66. The highest BCUT2D eigenvalue weighted by molar-refractivity contribution is 6.26. The van der Waals surface area contributed by atoms with Gasteiger partial charge in [-0.15, -0.1) is 0 Å². The first kappa shape index (κ1) is 20.7. The van der Waals surface area contributed by atoms with Crippen LogP contribution in [0.4, 0.5) is 0 Å². The highest BCUT2D eigenvalue weighted by Crippen LogP contribution is 2.37. The molecule has 0 unspecified atom stereocenters. The molecule has 4 aromatic carbocycles. The van der Waals surface area contributed by atoms with Crippen molar-refractivity contribution in [2.45, 2.75) is 39.5 Å². The van der Waals surface area contributed by atoms with Crippen molar-refractivity contribution in [2.24, 2.45) is 0 Å². The molecule has 168 valence electrons.